The second-order valence-electron chi connectivity index (χ2n) is 5.92. The van der Waals surface area contributed by atoms with E-state index in [1.165, 1.54) is 12.3 Å². The minimum Gasteiger partial charge on any atom is -0.339 e. The smallest absolute Gasteiger partial charge is 0.323 e. The quantitative estimate of drug-likeness (QED) is 0.856. The Hall–Kier alpha value is -2.90. The van der Waals surface area contributed by atoms with Gasteiger partial charge in [-0.05, 0) is 18.1 Å². The fourth-order valence-electron chi connectivity index (χ4n) is 2.88. The SMILES string of the molecule is O=C(CCc1ccccc1F)N1CCN(C(=O)c2c[nH]c(=O)[nH]2)CC1. The van der Waals surface area contributed by atoms with E-state index in [-0.39, 0.29) is 29.7 Å². The van der Waals surface area contributed by atoms with Gasteiger partial charge in [0.2, 0.25) is 5.91 Å². The van der Waals surface area contributed by atoms with Crippen molar-refractivity contribution in [2.45, 2.75) is 12.8 Å². The summed E-state index contributed by atoms with van der Waals surface area (Å²) in [5, 5.41) is 0. The van der Waals surface area contributed by atoms with Crippen LogP contribution in [0.5, 0.6) is 0 Å². The Labute approximate surface area is 143 Å². The first kappa shape index (κ1) is 16.9. The van der Waals surface area contributed by atoms with Crippen LogP contribution in [-0.2, 0) is 11.2 Å². The molecule has 3 rings (SSSR count). The van der Waals surface area contributed by atoms with E-state index in [9.17, 15) is 18.8 Å². The lowest BCUT2D eigenvalue weighted by Gasteiger charge is -2.34. The van der Waals surface area contributed by atoms with Gasteiger partial charge in [-0.1, -0.05) is 18.2 Å². The largest absolute Gasteiger partial charge is 0.339 e. The van der Waals surface area contributed by atoms with Crippen molar-refractivity contribution in [1.82, 2.24) is 19.8 Å². The van der Waals surface area contributed by atoms with Gasteiger partial charge < -0.3 is 19.8 Å². The molecule has 7 nitrogen and oxygen atoms in total. The standard InChI is InChI=1S/C17H19FN4O3/c18-13-4-2-1-3-12(13)5-6-15(23)21-7-9-22(10-8-21)16(24)14-11-19-17(25)20-14/h1-4,11H,5-10H2,(H2,19,20,25). The lowest BCUT2D eigenvalue weighted by Crippen LogP contribution is -2.50. The third-order valence-corrected chi connectivity index (χ3v) is 4.31. The number of aromatic nitrogens is 2. The topological polar surface area (TPSA) is 89.3 Å². The number of piperazine rings is 1. The van der Waals surface area contributed by atoms with Gasteiger partial charge in [0, 0.05) is 38.8 Å². The molecule has 0 atom stereocenters. The predicted octanol–water partition coefficient (Wildman–Crippen LogP) is 0.759. The number of hydrogen-bond donors (Lipinski definition) is 2. The number of halogens is 1. The monoisotopic (exact) mass is 346 g/mol. The third-order valence-electron chi connectivity index (χ3n) is 4.31. The van der Waals surface area contributed by atoms with E-state index in [4.69, 9.17) is 0 Å². The maximum Gasteiger partial charge on any atom is 0.323 e. The first-order chi connectivity index (χ1) is 12.0. The minimum atomic E-state index is -0.426. The average molecular weight is 346 g/mol. The average Bonchev–Trinajstić information content (AvgIpc) is 3.07. The van der Waals surface area contributed by atoms with Crippen molar-refractivity contribution >= 4 is 11.8 Å². The van der Waals surface area contributed by atoms with Crippen LogP contribution >= 0.6 is 0 Å². The molecule has 25 heavy (non-hydrogen) atoms. The summed E-state index contributed by atoms with van der Waals surface area (Å²) in [6.45, 7) is 1.65. The van der Waals surface area contributed by atoms with E-state index >= 15 is 0 Å². The van der Waals surface area contributed by atoms with Crippen molar-refractivity contribution in [3.8, 4) is 0 Å². The molecule has 2 aromatic rings. The van der Waals surface area contributed by atoms with Gasteiger partial charge in [-0.25, -0.2) is 9.18 Å². The van der Waals surface area contributed by atoms with Crippen LogP contribution < -0.4 is 5.69 Å². The van der Waals surface area contributed by atoms with Crippen LogP contribution in [0.2, 0.25) is 0 Å². The maximum absolute atomic E-state index is 13.6. The number of benzene rings is 1. The van der Waals surface area contributed by atoms with Crippen LogP contribution in [0.15, 0.2) is 35.3 Å². The zero-order valence-corrected chi connectivity index (χ0v) is 13.6. The van der Waals surface area contributed by atoms with Gasteiger partial charge in [0.25, 0.3) is 5.91 Å². The third kappa shape index (κ3) is 3.96. The first-order valence-electron chi connectivity index (χ1n) is 8.13. The molecule has 0 radical (unpaired) electrons. The van der Waals surface area contributed by atoms with Gasteiger partial charge in [-0.2, -0.15) is 0 Å². The molecule has 0 spiro atoms. The van der Waals surface area contributed by atoms with E-state index in [1.807, 2.05) is 0 Å². The minimum absolute atomic E-state index is 0.0506. The van der Waals surface area contributed by atoms with Crippen molar-refractivity contribution in [3.63, 3.8) is 0 Å². The number of amides is 2. The van der Waals surface area contributed by atoms with Crippen LogP contribution in [0.3, 0.4) is 0 Å². The van der Waals surface area contributed by atoms with E-state index in [0.29, 0.717) is 38.2 Å². The Morgan fingerprint density at radius 1 is 1.08 bits per heavy atom. The summed E-state index contributed by atoms with van der Waals surface area (Å²) < 4.78 is 13.6. The molecule has 0 unspecified atom stereocenters. The molecule has 1 aliphatic heterocycles. The van der Waals surface area contributed by atoms with Crippen LogP contribution in [0, 0.1) is 5.82 Å². The summed E-state index contributed by atoms with van der Waals surface area (Å²) in [6.07, 6.45) is 1.94. The van der Waals surface area contributed by atoms with Crippen LogP contribution in [0.4, 0.5) is 4.39 Å². The highest BCUT2D eigenvalue weighted by atomic mass is 19.1. The highest BCUT2D eigenvalue weighted by molar-refractivity contribution is 5.92. The molecule has 8 heteroatoms. The normalized spacial score (nSPS) is 14.6. The molecule has 132 valence electrons. The number of rotatable bonds is 4. The van der Waals surface area contributed by atoms with Crippen LogP contribution in [-0.4, -0.2) is 57.8 Å². The molecule has 1 aromatic carbocycles. The van der Waals surface area contributed by atoms with Crippen molar-refractivity contribution in [3.05, 3.63) is 58.0 Å². The molecule has 1 aromatic heterocycles. The van der Waals surface area contributed by atoms with E-state index < -0.39 is 5.69 Å². The molecule has 1 aliphatic rings. The second kappa shape index (κ2) is 7.33. The molecule has 1 saturated heterocycles. The molecule has 0 saturated carbocycles. The van der Waals surface area contributed by atoms with Crippen LogP contribution in [0.25, 0.3) is 0 Å². The van der Waals surface area contributed by atoms with Gasteiger partial charge in [-0.3, -0.25) is 9.59 Å². The highest BCUT2D eigenvalue weighted by Gasteiger charge is 2.25. The molecule has 0 aliphatic carbocycles. The lowest BCUT2D eigenvalue weighted by atomic mass is 10.1. The number of H-pyrrole nitrogens is 2. The fraction of sp³-hybridized carbons (Fsp3) is 0.353. The second-order valence-corrected chi connectivity index (χ2v) is 5.92. The Kier molecular flexibility index (Phi) is 4.97. The zero-order valence-electron chi connectivity index (χ0n) is 13.6. The Balaban J connectivity index is 1.50. The van der Waals surface area contributed by atoms with Gasteiger partial charge in [0.05, 0.1) is 0 Å². The Morgan fingerprint density at radius 3 is 2.40 bits per heavy atom. The predicted molar refractivity (Wildman–Crippen MR) is 88.6 cm³/mol. The zero-order chi connectivity index (χ0) is 17.8. The highest BCUT2D eigenvalue weighted by Crippen LogP contribution is 2.12. The molecule has 2 N–H and O–H groups in total. The molecular formula is C17H19FN4O3. The van der Waals surface area contributed by atoms with E-state index in [0.717, 1.165) is 0 Å². The van der Waals surface area contributed by atoms with Gasteiger partial charge in [0.1, 0.15) is 11.5 Å². The number of nitrogens with one attached hydrogen (secondary N) is 2. The summed E-state index contributed by atoms with van der Waals surface area (Å²) >= 11 is 0. The Bertz CT molecular complexity index is 821. The number of hydrogen-bond acceptors (Lipinski definition) is 3. The summed E-state index contributed by atoms with van der Waals surface area (Å²) in [5.41, 5.74) is 0.315. The van der Waals surface area contributed by atoms with Gasteiger partial charge in [0.15, 0.2) is 0 Å². The van der Waals surface area contributed by atoms with Gasteiger partial charge in [-0.15, -0.1) is 0 Å². The number of carbonyl (C=O) groups excluding carboxylic acids is 2. The van der Waals surface area contributed by atoms with Crippen molar-refractivity contribution in [1.29, 1.82) is 0 Å². The number of carbonyl (C=O) groups is 2. The lowest BCUT2D eigenvalue weighted by molar-refractivity contribution is -0.132. The van der Waals surface area contributed by atoms with Gasteiger partial charge >= 0.3 is 5.69 Å². The molecule has 2 heterocycles. The Morgan fingerprint density at radius 2 is 1.76 bits per heavy atom. The van der Waals surface area contributed by atoms with Crippen LogP contribution in [0.1, 0.15) is 22.5 Å². The van der Waals surface area contributed by atoms with Crippen molar-refractivity contribution in [2.24, 2.45) is 0 Å². The number of aryl methyl sites for hydroxylation is 1. The fourth-order valence-corrected chi connectivity index (χ4v) is 2.88. The van der Waals surface area contributed by atoms with Crippen molar-refractivity contribution in [2.75, 3.05) is 26.2 Å². The van der Waals surface area contributed by atoms with Crippen molar-refractivity contribution < 1.29 is 14.0 Å². The summed E-state index contributed by atoms with van der Waals surface area (Å²) in [7, 11) is 0. The number of aromatic amines is 2. The first-order valence-corrected chi connectivity index (χ1v) is 8.13. The summed E-state index contributed by atoms with van der Waals surface area (Å²) in [4.78, 5) is 43.7. The molecule has 1 fully saturated rings. The number of imidazole rings is 1. The summed E-state index contributed by atoms with van der Waals surface area (Å²) in [6, 6.07) is 6.43. The van der Waals surface area contributed by atoms with E-state index in [1.54, 1.807) is 28.0 Å². The number of nitrogens with zero attached hydrogens (tertiary/aromatic N) is 2. The molecular weight excluding hydrogens is 327 g/mol. The molecule has 2 amide bonds. The summed E-state index contributed by atoms with van der Waals surface area (Å²) in [5.74, 6) is -0.617. The van der Waals surface area contributed by atoms with E-state index in [2.05, 4.69) is 9.97 Å². The maximum atomic E-state index is 13.6. The molecule has 0 bridgehead atoms.